The zero-order valence-electron chi connectivity index (χ0n) is 14.8. The normalized spacial score (nSPS) is 15.7. The van der Waals surface area contributed by atoms with E-state index in [9.17, 15) is 0 Å². The zero-order chi connectivity index (χ0) is 17.1. The SMILES string of the molecule is CCOCc1cc2nc(-c3ccccc3)cc(C3CCCCC3)n2n1. The second-order valence-corrected chi connectivity index (χ2v) is 6.81. The minimum atomic E-state index is 0.546. The Bertz CT molecular complexity index is 835. The minimum Gasteiger partial charge on any atom is -0.375 e. The van der Waals surface area contributed by atoms with Crippen LogP contribution in [0.5, 0.6) is 0 Å². The molecule has 1 aliphatic carbocycles. The summed E-state index contributed by atoms with van der Waals surface area (Å²) in [6.45, 7) is 3.26. The van der Waals surface area contributed by atoms with Crippen molar-refractivity contribution < 1.29 is 4.74 Å². The maximum atomic E-state index is 5.55. The molecule has 1 aromatic carbocycles. The number of hydrogen-bond donors (Lipinski definition) is 0. The molecule has 2 heterocycles. The molecule has 1 aliphatic rings. The number of nitrogens with zero attached hydrogens (tertiary/aromatic N) is 3. The molecule has 0 amide bonds. The summed E-state index contributed by atoms with van der Waals surface area (Å²) in [6, 6.07) is 14.7. The Kier molecular flexibility index (Phi) is 4.79. The molecule has 0 bridgehead atoms. The molecule has 3 aromatic rings. The fraction of sp³-hybridized carbons (Fsp3) is 0.429. The van der Waals surface area contributed by atoms with Gasteiger partial charge in [-0.1, -0.05) is 49.6 Å². The maximum Gasteiger partial charge on any atom is 0.156 e. The van der Waals surface area contributed by atoms with Crippen LogP contribution in [-0.2, 0) is 11.3 Å². The van der Waals surface area contributed by atoms with E-state index in [1.165, 1.54) is 37.8 Å². The second-order valence-electron chi connectivity index (χ2n) is 6.81. The molecular weight excluding hydrogens is 310 g/mol. The van der Waals surface area contributed by atoms with Gasteiger partial charge in [0.1, 0.15) is 0 Å². The summed E-state index contributed by atoms with van der Waals surface area (Å²) in [5.41, 5.74) is 5.38. The summed E-state index contributed by atoms with van der Waals surface area (Å²) in [5.74, 6) is 0.571. The molecule has 0 spiro atoms. The molecule has 1 saturated carbocycles. The number of fused-ring (bicyclic) bond motifs is 1. The van der Waals surface area contributed by atoms with Gasteiger partial charge in [-0.05, 0) is 25.8 Å². The molecular formula is C21H25N3O. The highest BCUT2D eigenvalue weighted by Crippen LogP contribution is 2.34. The van der Waals surface area contributed by atoms with Crippen molar-refractivity contribution in [3.8, 4) is 11.3 Å². The van der Waals surface area contributed by atoms with Crippen LogP contribution < -0.4 is 0 Å². The van der Waals surface area contributed by atoms with Gasteiger partial charge in [-0.25, -0.2) is 9.50 Å². The summed E-state index contributed by atoms with van der Waals surface area (Å²) in [6.07, 6.45) is 6.46. The summed E-state index contributed by atoms with van der Waals surface area (Å²) < 4.78 is 7.60. The van der Waals surface area contributed by atoms with Crippen LogP contribution in [0.1, 0.15) is 56.3 Å². The van der Waals surface area contributed by atoms with Gasteiger partial charge in [0, 0.05) is 29.8 Å². The van der Waals surface area contributed by atoms with Crippen LogP contribution in [0.2, 0.25) is 0 Å². The van der Waals surface area contributed by atoms with Crippen molar-refractivity contribution in [1.29, 1.82) is 0 Å². The van der Waals surface area contributed by atoms with Crippen molar-refractivity contribution in [1.82, 2.24) is 14.6 Å². The lowest BCUT2D eigenvalue weighted by Gasteiger charge is -2.23. The van der Waals surface area contributed by atoms with Crippen molar-refractivity contribution in [3.05, 3.63) is 53.9 Å². The van der Waals surface area contributed by atoms with Gasteiger partial charge < -0.3 is 4.74 Å². The van der Waals surface area contributed by atoms with Crippen LogP contribution in [0.25, 0.3) is 16.9 Å². The van der Waals surface area contributed by atoms with E-state index < -0.39 is 0 Å². The number of ether oxygens (including phenoxy) is 1. The first-order valence-corrected chi connectivity index (χ1v) is 9.38. The Morgan fingerprint density at radius 3 is 2.64 bits per heavy atom. The van der Waals surface area contributed by atoms with Gasteiger partial charge in [-0.15, -0.1) is 0 Å². The molecule has 1 fully saturated rings. The Labute approximate surface area is 148 Å². The van der Waals surface area contributed by atoms with Gasteiger partial charge in [0.05, 0.1) is 18.0 Å². The number of rotatable bonds is 5. The van der Waals surface area contributed by atoms with Crippen molar-refractivity contribution >= 4 is 5.65 Å². The molecule has 4 nitrogen and oxygen atoms in total. The standard InChI is InChI=1S/C21H25N3O/c1-2-25-15-18-13-21-22-19(16-9-5-3-6-10-16)14-20(24(21)23-18)17-11-7-4-8-12-17/h3,5-6,9-10,13-14,17H,2,4,7-8,11-12,15H2,1H3. The van der Waals surface area contributed by atoms with Crippen LogP contribution >= 0.6 is 0 Å². The monoisotopic (exact) mass is 335 g/mol. The van der Waals surface area contributed by atoms with Crippen LogP contribution in [-0.4, -0.2) is 21.2 Å². The molecule has 0 radical (unpaired) electrons. The summed E-state index contributed by atoms with van der Waals surface area (Å²) in [5, 5.41) is 4.79. The number of benzene rings is 1. The molecule has 0 N–H and O–H groups in total. The molecule has 0 aliphatic heterocycles. The quantitative estimate of drug-likeness (QED) is 0.660. The predicted octanol–water partition coefficient (Wildman–Crippen LogP) is 4.98. The smallest absolute Gasteiger partial charge is 0.156 e. The van der Waals surface area contributed by atoms with Gasteiger partial charge >= 0.3 is 0 Å². The first-order valence-electron chi connectivity index (χ1n) is 9.38. The van der Waals surface area contributed by atoms with E-state index in [4.69, 9.17) is 14.8 Å². The van der Waals surface area contributed by atoms with Crippen molar-refractivity contribution in [2.24, 2.45) is 0 Å². The Hall–Kier alpha value is -2.20. The Balaban J connectivity index is 1.81. The molecule has 0 unspecified atom stereocenters. The largest absolute Gasteiger partial charge is 0.375 e. The first kappa shape index (κ1) is 16.3. The topological polar surface area (TPSA) is 39.4 Å². The van der Waals surface area contributed by atoms with Gasteiger partial charge in [-0.2, -0.15) is 5.10 Å². The Morgan fingerprint density at radius 2 is 1.88 bits per heavy atom. The lowest BCUT2D eigenvalue weighted by Crippen LogP contribution is -2.11. The van der Waals surface area contributed by atoms with Gasteiger partial charge in [0.2, 0.25) is 0 Å². The Morgan fingerprint density at radius 1 is 1.08 bits per heavy atom. The van der Waals surface area contributed by atoms with Crippen LogP contribution in [0.15, 0.2) is 42.5 Å². The van der Waals surface area contributed by atoms with Crippen molar-refractivity contribution in [2.45, 2.75) is 51.6 Å². The maximum absolute atomic E-state index is 5.55. The summed E-state index contributed by atoms with van der Waals surface area (Å²) in [7, 11) is 0. The fourth-order valence-electron chi connectivity index (χ4n) is 3.77. The van der Waals surface area contributed by atoms with Crippen molar-refractivity contribution in [3.63, 3.8) is 0 Å². The van der Waals surface area contributed by atoms with Gasteiger partial charge in [-0.3, -0.25) is 0 Å². The summed E-state index contributed by atoms with van der Waals surface area (Å²) >= 11 is 0. The number of aromatic nitrogens is 3. The molecule has 4 heteroatoms. The van der Waals surface area contributed by atoms with E-state index in [1.54, 1.807) is 0 Å². The van der Waals surface area contributed by atoms with Crippen LogP contribution in [0.3, 0.4) is 0 Å². The third-order valence-corrected chi connectivity index (χ3v) is 5.05. The third-order valence-electron chi connectivity index (χ3n) is 5.05. The molecule has 130 valence electrons. The van der Waals surface area contributed by atoms with Gasteiger partial charge in [0.15, 0.2) is 5.65 Å². The van der Waals surface area contributed by atoms with E-state index in [2.05, 4.69) is 40.9 Å². The first-order chi connectivity index (χ1) is 12.3. The van der Waals surface area contributed by atoms with E-state index >= 15 is 0 Å². The molecule has 25 heavy (non-hydrogen) atoms. The minimum absolute atomic E-state index is 0.546. The molecule has 4 rings (SSSR count). The highest BCUT2D eigenvalue weighted by atomic mass is 16.5. The van der Waals surface area contributed by atoms with E-state index in [-0.39, 0.29) is 0 Å². The van der Waals surface area contributed by atoms with E-state index in [0.717, 1.165) is 22.6 Å². The molecule has 0 atom stereocenters. The van der Waals surface area contributed by atoms with Crippen molar-refractivity contribution in [2.75, 3.05) is 6.61 Å². The average Bonchev–Trinajstić information content (AvgIpc) is 3.10. The van der Waals surface area contributed by atoms with Crippen LogP contribution in [0, 0.1) is 0 Å². The predicted molar refractivity (Wildman–Crippen MR) is 99.6 cm³/mol. The lowest BCUT2D eigenvalue weighted by molar-refractivity contribution is 0.131. The lowest BCUT2D eigenvalue weighted by atomic mass is 9.86. The highest BCUT2D eigenvalue weighted by Gasteiger charge is 2.21. The average molecular weight is 335 g/mol. The van der Waals surface area contributed by atoms with E-state index in [0.29, 0.717) is 19.1 Å². The summed E-state index contributed by atoms with van der Waals surface area (Å²) in [4.78, 5) is 4.87. The highest BCUT2D eigenvalue weighted by molar-refractivity contribution is 5.62. The zero-order valence-corrected chi connectivity index (χ0v) is 14.8. The van der Waals surface area contributed by atoms with Crippen LogP contribution in [0.4, 0.5) is 0 Å². The van der Waals surface area contributed by atoms with E-state index in [1.807, 2.05) is 13.0 Å². The molecule has 2 aromatic heterocycles. The third kappa shape index (κ3) is 3.45. The molecule has 0 saturated heterocycles. The number of hydrogen-bond acceptors (Lipinski definition) is 3. The van der Waals surface area contributed by atoms with Gasteiger partial charge in [0.25, 0.3) is 0 Å². The second kappa shape index (κ2) is 7.36. The fourth-order valence-corrected chi connectivity index (χ4v) is 3.77.